The molecule has 0 radical (unpaired) electrons. The maximum Gasteiger partial charge on any atom is 0.472 e. The van der Waals surface area contributed by atoms with E-state index in [-0.39, 0.29) is 25.4 Å². The average Bonchev–Trinajstić information content (AvgIpc) is 3.09. The number of hydrogen-bond acceptors (Lipinski definition) is 7. The van der Waals surface area contributed by atoms with Crippen LogP contribution in [0.15, 0.2) is 24.3 Å². The SMILES string of the molecule is CCCCC/C=C\CCCCCCCC(=O)OCC(COP(=O)(O)OC)OC(=O)CCCCCCCCC/C=C\CCCCCCCCC. The smallest absolute Gasteiger partial charge is 0.462 e. The summed E-state index contributed by atoms with van der Waals surface area (Å²) in [5.41, 5.74) is 0. The number of phosphoric acid groups is 1. The zero-order chi connectivity index (χ0) is 36.1. The summed E-state index contributed by atoms with van der Waals surface area (Å²) >= 11 is 0. The van der Waals surface area contributed by atoms with Crippen molar-refractivity contribution in [1.82, 2.24) is 0 Å². The van der Waals surface area contributed by atoms with Crippen molar-refractivity contribution in [3.05, 3.63) is 24.3 Å². The van der Waals surface area contributed by atoms with Crippen LogP contribution in [0.25, 0.3) is 0 Å². The number of hydrogen-bond donors (Lipinski definition) is 1. The number of carbonyl (C=O) groups excluding carboxylic acids is 2. The fraction of sp³-hybridized carbons (Fsp3) is 0.850. The van der Waals surface area contributed by atoms with Crippen LogP contribution < -0.4 is 0 Å². The first-order valence-electron chi connectivity index (χ1n) is 20.0. The molecule has 0 saturated carbocycles. The molecule has 1 N–H and O–H groups in total. The van der Waals surface area contributed by atoms with Gasteiger partial charge in [0.15, 0.2) is 6.10 Å². The van der Waals surface area contributed by atoms with Crippen LogP contribution in [0.4, 0.5) is 0 Å². The minimum absolute atomic E-state index is 0.229. The molecule has 0 amide bonds. The molecular weight excluding hydrogens is 639 g/mol. The molecule has 0 heterocycles. The molecule has 0 aromatic heterocycles. The van der Waals surface area contributed by atoms with E-state index in [2.05, 4.69) is 42.7 Å². The molecule has 2 unspecified atom stereocenters. The lowest BCUT2D eigenvalue weighted by molar-refractivity contribution is -0.161. The number of phosphoric ester groups is 1. The number of rotatable bonds is 37. The first-order valence-corrected chi connectivity index (χ1v) is 21.5. The highest BCUT2D eigenvalue weighted by Crippen LogP contribution is 2.42. The maximum absolute atomic E-state index is 12.5. The molecule has 0 fully saturated rings. The molecule has 0 aliphatic carbocycles. The molecule has 0 aliphatic rings. The van der Waals surface area contributed by atoms with Crippen LogP contribution in [0.2, 0.25) is 0 Å². The number of carbonyl (C=O) groups is 2. The molecular formula is C40H75O8P. The van der Waals surface area contributed by atoms with Crippen molar-refractivity contribution in [3.8, 4) is 0 Å². The topological polar surface area (TPSA) is 108 Å². The third-order valence-electron chi connectivity index (χ3n) is 8.67. The monoisotopic (exact) mass is 715 g/mol. The predicted molar refractivity (Wildman–Crippen MR) is 203 cm³/mol. The molecule has 0 aliphatic heterocycles. The Bertz CT molecular complexity index is 859. The van der Waals surface area contributed by atoms with E-state index in [1.54, 1.807) is 0 Å². The van der Waals surface area contributed by atoms with Crippen molar-refractivity contribution in [1.29, 1.82) is 0 Å². The summed E-state index contributed by atoms with van der Waals surface area (Å²) in [7, 11) is -3.20. The molecule has 288 valence electrons. The highest BCUT2D eigenvalue weighted by molar-refractivity contribution is 7.47. The van der Waals surface area contributed by atoms with Crippen LogP contribution in [0.5, 0.6) is 0 Å². The number of esters is 2. The van der Waals surface area contributed by atoms with Gasteiger partial charge in [0.25, 0.3) is 0 Å². The fourth-order valence-corrected chi connectivity index (χ4v) is 5.99. The van der Waals surface area contributed by atoms with Crippen LogP contribution in [0.1, 0.15) is 194 Å². The molecule has 9 heteroatoms. The molecule has 0 aromatic rings. The van der Waals surface area contributed by atoms with Gasteiger partial charge in [0.2, 0.25) is 0 Å². The van der Waals surface area contributed by atoms with E-state index in [0.29, 0.717) is 6.42 Å². The van der Waals surface area contributed by atoms with E-state index in [1.165, 1.54) is 96.3 Å². The summed E-state index contributed by atoms with van der Waals surface area (Å²) in [6, 6.07) is 0. The van der Waals surface area contributed by atoms with Crippen molar-refractivity contribution < 1.29 is 37.6 Å². The second kappa shape index (κ2) is 36.3. The molecule has 0 spiro atoms. The molecule has 49 heavy (non-hydrogen) atoms. The molecule has 0 bridgehead atoms. The van der Waals surface area contributed by atoms with Crippen molar-refractivity contribution in [2.45, 2.75) is 200 Å². The maximum atomic E-state index is 12.5. The van der Waals surface area contributed by atoms with E-state index in [9.17, 15) is 19.0 Å². The van der Waals surface area contributed by atoms with Gasteiger partial charge in [-0.2, -0.15) is 0 Å². The average molecular weight is 715 g/mol. The third kappa shape index (κ3) is 36.1. The Hall–Kier alpha value is -1.47. The lowest BCUT2D eigenvalue weighted by Crippen LogP contribution is -2.29. The minimum Gasteiger partial charge on any atom is -0.462 e. The molecule has 2 atom stereocenters. The van der Waals surface area contributed by atoms with Gasteiger partial charge in [-0.3, -0.25) is 18.6 Å². The zero-order valence-corrected chi connectivity index (χ0v) is 32.7. The highest BCUT2D eigenvalue weighted by Gasteiger charge is 2.24. The van der Waals surface area contributed by atoms with Gasteiger partial charge in [0.05, 0.1) is 6.61 Å². The number of allylic oxidation sites excluding steroid dienone is 4. The van der Waals surface area contributed by atoms with E-state index >= 15 is 0 Å². The van der Waals surface area contributed by atoms with E-state index in [0.717, 1.165) is 71.3 Å². The number of ether oxygens (including phenoxy) is 2. The lowest BCUT2D eigenvalue weighted by atomic mass is 10.1. The van der Waals surface area contributed by atoms with Gasteiger partial charge in [-0.15, -0.1) is 0 Å². The largest absolute Gasteiger partial charge is 0.472 e. The van der Waals surface area contributed by atoms with E-state index in [1.807, 2.05) is 0 Å². The summed E-state index contributed by atoms with van der Waals surface area (Å²) < 4.78 is 31.9. The van der Waals surface area contributed by atoms with Crippen molar-refractivity contribution >= 4 is 19.8 Å². The summed E-state index contributed by atoms with van der Waals surface area (Å²) in [6.07, 6.45) is 39.4. The van der Waals surface area contributed by atoms with Gasteiger partial charge in [0.1, 0.15) is 6.61 Å². The Labute approximate surface area is 301 Å². The Balaban J connectivity index is 4.02. The van der Waals surface area contributed by atoms with Gasteiger partial charge in [-0.25, -0.2) is 4.57 Å². The Kier molecular flexibility index (Phi) is 35.2. The Morgan fingerprint density at radius 3 is 1.37 bits per heavy atom. The molecule has 0 rings (SSSR count). The standard InChI is InChI=1S/C40H75O8P/c1-4-6-8-10-12-14-16-18-19-20-21-22-23-25-27-29-31-33-35-40(42)48-38(37-47-49(43,44)45-3)36-46-39(41)34-32-30-28-26-24-17-15-13-11-9-7-5-2/h13,15,19-20,38H,4-12,14,16-18,21-37H2,1-3H3,(H,43,44)/b15-13-,20-19-. The van der Waals surface area contributed by atoms with Gasteiger partial charge in [0, 0.05) is 20.0 Å². The second-order valence-corrected chi connectivity index (χ2v) is 15.0. The molecule has 0 aromatic carbocycles. The minimum atomic E-state index is -4.26. The van der Waals surface area contributed by atoms with Gasteiger partial charge in [-0.1, -0.05) is 141 Å². The van der Waals surface area contributed by atoms with Crippen molar-refractivity contribution in [3.63, 3.8) is 0 Å². The predicted octanol–water partition coefficient (Wildman–Crippen LogP) is 12.3. The molecule has 0 saturated heterocycles. The summed E-state index contributed by atoms with van der Waals surface area (Å²) in [4.78, 5) is 34.3. The van der Waals surface area contributed by atoms with Crippen molar-refractivity contribution in [2.24, 2.45) is 0 Å². The van der Waals surface area contributed by atoms with Gasteiger partial charge in [-0.05, 0) is 64.2 Å². The van der Waals surface area contributed by atoms with E-state index in [4.69, 9.17) is 14.0 Å². The highest BCUT2D eigenvalue weighted by atomic mass is 31.2. The first kappa shape index (κ1) is 47.5. The Morgan fingerprint density at radius 2 is 0.918 bits per heavy atom. The number of unbranched alkanes of at least 4 members (excludes halogenated alkanes) is 22. The van der Waals surface area contributed by atoms with Crippen LogP contribution in [0.3, 0.4) is 0 Å². The quantitative estimate of drug-likeness (QED) is 0.0293. The molecule has 8 nitrogen and oxygen atoms in total. The van der Waals surface area contributed by atoms with Crippen molar-refractivity contribution in [2.75, 3.05) is 20.3 Å². The normalized spacial score (nSPS) is 13.6. The zero-order valence-electron chi connectivity index (χ0n) is 31.9. The van der Waals surface area contributed by atoms with Crippen LogP contribution in [-0.2, 0) is 32.7 Å². The van der Waals surface area contributed by atoms with Crippen LogP contribution in [0, 0.1) is 0 Å². The van der Waals surface area contributed by atoms with Crippen LogP contribution in [-0.4, -0.2) is 43.3 Å². The van der Waals surface area contributed by atoms with Gasteiger partial charge < -0.3 is 14.4 Å². The summed E-state index contributed by atoms with van der Waals surface area (Å²) in [5, 5.41) is 0. The van der Waals surface area contributed by atoms with Gasteiger partial charge >= 0.3 is 19.8 Å². The third-order valence-corrected chi connectivity index (χ3v) is 9.60. The lowest BCUT2D eigenvalue weighted by Gasteiger charge is -2.19. The Morgan fingerprint density at radius 1 is 0.551 bits per heavy atom. The fourth-order valence-electron chi connectivity index (χ4n) is 5.53. The summed E-state index contributed by atoms with van der Waals surface area (Å²) in [5.74, 6) is -0.816. The van der Waals surface area contributed by atoms with E-state index < -0.39 is 26.5 Å². The first-order chi connectivity index (χ1) is 23.8. The van der Waals surface area contributed by atoms with Crippen LogP contribution >= 0.6 is 7.82 Å². The summed E-state index contributed by atoms with van der Waals surface area (Å²) in [6.45, 7) is 3.85. The second-order valence-electron chi connectivity index (χ2n) is 13.4.